The van der Waals surface area contributed by atoms with Crippen LogP contribution in [0.5, 0.6) is 0 Å². The predicted octanol–water partition coefficient (Wildman–Crippen LogP) is 5.26. The lowest BCUT2D eigenvalue weighted by molar-refractivity contribution is -0.209. The SMILES string of the molecule is Cn1ccnc1C(OC(=O)NCCC1CCN(c2ccc3cc(Cl)ccc3n2)CC1)C(F)(F)F. The van der Waals surface area contributed by atoms with Gasteiger partial charge in [-0.05, 0) is 55.5 Å². The molecule has 1 atom stereocenters. The van der Waals surface area contributed by atoms with Gasteiger partial charge in [-0.15, -0.1) is 0 Å². The largest absolute Gasteiger partial charge is 0.433 e. The molecule has 0 radical (unpaired) electrons. The highest BCUT2D eigenvalue weighted by atomic mass is 35.5. The average molecular weight is 496 g/mol. The number of anilines is 1. The highest BCUT2D eigenvalue weighted by Crippen LogP contribution is 2.35. The number of aromatic nitrogens is 3. The molecule has 1 N–H and O–H groups in total. The summed E-state index contributed by atoms with van der Waals surface area (Å²) in [4.78, 5) is 22.6. The molecule has 11 heteroatoms. The van der Waals surface area contributed by atoms with Crippen LogP contribution in [0.3, 0.4) is 0 Å². The molecular weight excluding hydrogens is 471 g/mol. The number of amides is 1. The number of alkyl carbamates (subject to hydrolysis) is 1. The van der Waals surface area contributed by atoms with Gasteiger partial charge in [0.1, 0.15) is 5.82 Å². The van der Waals surface area contributed by atoms with Crippen LogP contribution >= 0.6 is 11.6 Å². The molecule has 3 aromatic rings. The van der Waals surface area contributed by atoms with E-state index in [1.165, 1.54) is 24.0 Å². The predicted molar refractivity (Wildman–Crippen MR) is 123 cm³/mol. The van der Waals surface area contributed by atoms with Gasteiger partial charge in [-0.1, -0.05) is 11.6 Å². The standard InChI is InChI=1S/C23H25ClF3N5O2/c1-31-13-10-28-21(31)20(23(25,26)27)34-22(33)29-9-6-15-7-11-32(12-8-15)19-5-2-16-14-17(24)3-4-18(16)30-19/h2-5,10,13-15,20H,6-9,11-12H2,1H3,(H,29,33). The molecule has 1 aliphatic rings. The second-order valence-electron chi connectivity index (χ2n) is 8.38. The fourth-order valence-electron chi connectivity index (χ4n) is 4.14. The molecule has 0 aliphatic carbocycles. The van der Waals surface area contributed by atoms with Crippen molar-refractivity contribution in [2.24, 2.45) is 13.0 Å². The minimum atomic E-state index is -4.76. The Labute approximate surface area is 199 Å². The van der Waals surface area contributed by atoms with E-state index in [0.717, 1.165) is 42.7 Å². The molecule has 0 bridgehead atoms. The van der Waals surface area contributed by atoms with Crippen LogP contribution in [0.15, 0.2) is 42.7 Å². The number of halogens is 4. The summed E-state index contributed by atoms with van der Waals surface area (Å²) in [5.41, 5.74) is 0.884. The summed E-state index contributed by atoms with van der Waals surface area (Å²) in [5.74, 6) is 0.881. The van der Waals surface area contributed by atoms with Gasteiger partial charge in [-0.25, -0.2) is 14.8 Å². The van der Waals surface area contributed by atoms with E-state index in [-0.39, 0.29) is 12.4 Å². The van der Waals surface area contributed by atoms with E-state index in [9.17, 15) is 18.0 Å². The number of nitrogens with zero attached hydrogens (tertiary/aromatic N) is 4. The lowest BCUT2D eigenvalue weighted by Crippen LogP contribution is -2.37. The van der Waals surface area contributed by atoms with Gasteiger partial charge in [0.15, 0.2) is 5.82 Å². The Bertz CT molecular complexity index is 1150. The lowest BCUT2D eigenvalue weighted by Gasteiger charge is -2.33. The smallest absolute Gasteiger partial charge is 0.428 e. The van der Waals surface area contributed by atoms with Gasteiger partial charge in [0.2, 0.25) is 0 Å². The van der Waals surface area contributed by atoms with Crippen molar-refractivity contribution >= 4 is 34.4 Å². The lowest BCUT2D eigenvalue weighted by atomic mass is 9.93. The topological polar surface area (TPSA) is 72.3 Å². The Morgan fingerprint density at radius 2 is 2.03 bits per heavy atom. The fraction of sp³-hybridized carbons (Fsp3) is 0.435. The van der Waals surface area contributed by atoms with Gasteiger partial charge in [-0.3, -0.25) is 0 Å². The monoisotopic (exact) mass is 495 g/mol. The third kappa shape index (κ3) is 5.72. The molecule has 3 heterocycles. The normalized spacial score (nSPS) is 16.0. The summed E-state index contributed by atoms with van der Waals surface area (Å²) < 4.78 is 45.9. The van der Waals surface area contributed by atoms with Gasteiger partial charge in [0.25, 0.3) is 6.10 Å². The molecule has 1 fully saturated rings. The highest BCUT2D eigenvalue weighted by Gasteiger charge is 2.46. The van der Waals surface area contributed by atoms with Crippen LogP contribution in [-0.2, 0) is 11.8 Å². The number of ether oxygens (including phenoxy) is 1. The fourth-order valence-corrected chi connectivity index (χ4v) is 4.32. The molecule has 0 saturated carbocycles. The number of hydrogen-bond acceptors (Lipinski definition) is 5. The summed E-state index contributed by atoms with van der Waals surface area (Å²) in [6.07, 6.45) is -3.23. The van der Waals surface area contributed by atoms with E-state index in [1.807, 2.05) is 30.3 Å². The number of pyridine rings is 1. The number of hydrogen-bond donors (Lipinski definition) is 1. The van der Waals surface area contributed by atoms with Crippen molar-refractivity contribution in [1.29, 1.82) is 0 Å². The number of benzene rings is 1. The minimum absolute atomic E-state index is 0.240. The first kappa shape index (κ1) is 24.1. The van der Waals surface area contributed by atoms with Crippen molar-refractivity contribution in [2.45, 2.75) is 31.5 Å². The summed E-state index contributed by atoms with van der Waals surface area (Å²) in [7, 11) is 1.41. The van der Waals surface area contributed by atoms with Crippen LogP contribution in [0.4, 0.5) is 23.8 Å². The number of fused-ring (bicyclic) bond motifs is 1. The molecule has 1 saturated heterocycles. The molecule has 1 amide bonds. The Morgan fingerprint density at radius 1 is 1.26 bits per heavy atom. The Hall–Kier alpha value is -3.01. The van der Waals surface area contributed by atoms with Gasteiger partial charge in [0.05, 0.1) is 5.52 Å². The van der Waals surface area contributed by atoms with Crippen LogP contribution in [0.2, 0.25) is 5.02 Å². The molecule has 34 heavy (non-hydrogen) atoms. The maximum absolute atomic E-state index is 13.3. The number of imidazole rings is 1. The third-order valence-corrected chi connectivity index (χ3v) is 6.25. The van der Waals surface area contributed by atoms with Gasteiger partial charge < -0.3 is 19.5 Å². The number of carbonyl (C=O) groups excluding carboxylic acids is 1. The van der Waals surface area contributed by atoms with E-state index < -0.39 is 18.4 Å². The van der Waals surface area contributed by atoms with Gasteiger partial charge in [0, 0.05) is 49.5 Å². The number of rotatable bonds is 6. The molecule has 2 aromatic heterocycles. The summed E-state index contributed by atoms with van der Waals surface area (Å²) in [6, 6.07) is 9.58. The maximum atomic E-state index is 13.3. The van der Waals surface area contributed by atoms with Crippen molar-refractivity contribution in [2.75, 3.05) is 24.5 Å². The molecule has 7 nitrogen and oxygen atoms in total. The number of piperidine rings is 1. The van der Waals surface area contributed by atoms with Gasteiger partial charge >= 0.3 is 12.3 Å². The number of aryl methyl sites for hydroxylation is 1. The van der Waals surface area contributed by atoms with Crippen molar-refractivity contribution in [1.82, 2.24) is 19.9 Å². The third-order valence-electron chi connectivity index (χ3n) is 6.01. The molecule has 0 spiro atoms. The Morgan fingerprint density at radius 3 is 2.71 bits per heavy atom. The average Bonchev–Trinajstić information content (AvgIpc) is 3.22. The van der Waals surface area contributed by atoms with Crippen LogP contribution in [0.1, 0.15) is 31.2 Å². The first-order chi connectivity index (χ1) is 16.2. The minimum Gasteiger partial charge on any atom is -0.428 e. The number of alkyl halides is 3. The molecular formula is C23H25ClF3N5O2. The van der Waals surface area contributed by atoms with Crippen LogP contribution in [0.25, 0.3) is 10.9 Å². The molecule has 182 valence electrons. The van der Waals surface area contributed by atoms with Crippen molar-refractivity contribution in [3.63, 3.8) is 0 Å². The molecule has 1 unspecified atom stereocenters. The zero-order valence-corrected chi connectivity index (χ0v) is 19.3. The Kier molecular flexibility index (Phi) is 7.16. The maximum Gasteiger partial charge on any atom is 0.433 e. The van der Waals surface area contributed by atoms with Crippen LogP contribution in [-0.4, -0.2) is 46.4 Å². The quantitative estimate of drug-likeness (QED) is 0.505. The molecule has 1 aromatic carbocycles. The highest BCUT2D eigenvalue weighted by molar-refractivity contribution is 6.31. The summed E-state index contributed by atoms with van der Waals surface area (Å²) >= 11 is 6.03. The molecule has 4 rings (SSSR count). The zero-order valence-electron chi connectivity index (χ0n) is 18.6. The van der Waals surface area contributed by atoms with E-state index in [1.54, 1.807) is 0 Å². The Balaban J connectivity index is 1.24. The molecule has 1 aliphatic heterocycles. The van der Waals surface area contributed by atoms with E-state index in [2.05, 4.69) is 19.9 Å². The first-order valence-corrected chi connectivity index (χ1v) is 11.4. The second kappa shape index (κ2) is 10.1. The first-order valence-electron chi connectivity index (χ1n) is 11.0. The van der Waals surface area contributed by atoms with E-state index >= 15 is 0 Å². The van der Waals surface area contributed by atoms with Crippen LogP contribution < -0.4 is 10.2 Å². The van der Waals surface area contributed by atoms with Gasteiger partial charge in [-0.2, -0.15) is 13.2 Å². The van der Waals surface area contributed by atoms with Crippen molar-refractivity contribution in [3.8, 4) is 0 Å². The van der Waals surface area contributed by atoms with E-state index in [0.29, 0.717) is 17.4 Å². The summed E-state index contributed by atoms with van der Waals surface area (Å²) in [6.45, 7) is 1.87. The zero-order chi connectivity index (χ0) is 24.3. The number of nitrogens with one attached hydrogen (secondary N) is 1. The van der Waals surface area contributed by atoms with Crippen molar-refractivity contribution in [3.05, 3.63) is 53.6 Å². The number of carbonyl (C=O) groups is 1. The second-order valence-corrected chi connectivity index (χ2v) is 8.81. The van der Waals surface area contributed by atoms with Crippen LogP contribution in [0, 0.1) is 5.92 Å². The van der Waals surface area contributed by atoms with Crippen molar-refractivity contribution < 1.29 is 22.7 Å². The van der Waals surface area contributed by atoms with E-state index in [4.69, 9.17) is 16.6 Å². The summed E-state index contributed by atoms with van der Waals surface area (Å²) in [5, 5.41) is 4.10.